The van der Waals surface area contributed by atoms with E-state index in [9.17, 15) is 4.79 Å². The number of hydrogen-bond acceptors (Lipinski definition) is 2. The predicted molar refractivity (Wildman–Crippen MR) is 86.2 cm³/mol. The number of carbonyl (C=O) groups is 1. The predicted octanol–water partition coefficient (Wildman–Crippen LogP) is 4.68. The number of amides is 1. The van der Waals surface area contributed by atoms with Gasteiger partial charge in [-0.2, -0.15) is 0 Å². The summed E-state index contributed by atoms with van der Waals surface area (Å²) in [5.74, 6) is 0. The van der Waals surface area contributed by atoms with E-state index in [1.165, 1.54) is 0 Å². The molecule has 3 aromatic rings. The number of ether oxygens (including phenoxy) is 1. The van der Waals surface area contributed by atoms with Crippen LogP contribution in [0.15, 0.2) is 59.2 Å². The molecule has 1 amide bonds. The maximum atomic E-state index is 11.9. The van der Waals surface area contributed by atoms with Crippen LogP contribution in [0.4, 0.5) is 10.5 Å². The van der Waals surface area contributed by atoms with Crippen molar-refractivity contribution in [3.05, 3.63) is 64.8 Å². The van der Waals surface area contributed by atoms with Crippen LogP contribution >= 0.6 is 15.9 Å². The molecule has 0 spiro atoms. The zero-order chi connectivity index (χ0) is 14.7. The number of H-pyrrole nitrogens is 1. The largest absolute Gasteiger partial charge is 0.444 e. The van der Waals surface area contributed by atoms with E-state index in [1.54, 1.807) is 0 Å². The molecular formula is C16H13BrN2O2. The number of carbonyl (C=O) groups excluding carboxylic acids is 1. The number of aromatic amines is 1. The van der Waals surface area contributed by atoms with E-state index in [0.29, 0.717) is 5.69 Å². The summed E-state index contributed by atoms with van der Waals surface area (Å²) in [6.45, 7) is 0.249. The molecule has 0 aliphatic heterocycles. The number of aromatic nitrogens is 1. The first-order chi connectivity index (χ1) is 10.2. The highest BCUT2D eigenvalue weighted by Gasteiger charge is 2.09. The van der Waals surface area contributed by atoms with Crippen molar-refractivity contribution in [3.8, 4) is 0 Å². The highest BCUT2D eigenvalue weighted by Crippen LogP contribution is 2.29. The van der Waals surface area contributed by atoms with Crippen LogP contribution in [0.3, 0.4) is 0 Å². The van der Waals surface area contributed by atoms with Crippen LogP contribution in [0.2, 0.25) is 0 Å². The average molecular weight is 345 g/mol. The second kappa shape index (κ2) is 6.01. The lowest BCUT2D eigenvalue weighted by atomic mass is 10.2. The third-order valence-corrected chi connectivity index (χ3v) is 3.78. The molecule has 0 fully saturated rings. The quantitative estimate of drug-likeness (QED) is 0.724. The smallest absolute Gasteiger partial charge is 0.411 e. The number of rotatable bonds is 3. The second-order valence-electron chi connectivity index (χ2n) is 4.55. The van der Waals surface area contributed by atoms with E-state index in [4.69, 9.17) is 4.74 Å². The average Bonchev–Trinajstić information content (AvgIpc) is 3.00. The Morgan fingerprint density at radius 1 is 1.14 bits per heavy atom. The lowest BCUT2D eigenvalue weighted by Crippen LogP contribution is -2.13. The molecule has 21 heavy (non-hydrogen) atoms. The van der Waals surface area contributed by atoms with Crippen molar-refractivity contribution < 1.29 is 9.53 Å². The SMILES string of the molecule is O=C(Nc1ccc(Br)c2[nH]ccc12)OCc1ccccc1. The van der Waals surface area contributed by atoms with Gasteiger partial charge in [-0.05, 0) is 39.7 Å². The number of hydrogen-bond donors (Lipinski definition) is 2. The van der Waals surface area contributed by atoms with Crippen LogP contribution in [0.5, 0.6) is 0 Å². The van der Waals surface area contributed by atoms with Gasteiger partial charge in [-0.15, -0.1) is 0 Å². The first-order valence-corrected chi connectivity index (χ1v) is 7.26. The van der Waals surface area contributed by atoms with Gasteiger partial charge in [0.15, 0.2) is 0 Å². The summed E-state index contributed by atoms with van der Waals surface area (Å²) in [5.41, 5.74) is 2.61. The summed E-state index contributed by atoms with van der Waals surface area (Å²) >= 11 is 3.46. The molecular weight excluding hydrogens is 332 g/mol. The minimum absolute atomic E-state index is 0.249. The highest BCUT2D eigenvalue weighted by molar-refractivity contribution is 9.10. The van der Waals surface area contributed by atoms with Crippen molar-refractivity contribution in [2.24, 2.45) is 0 Å². The third-order valence-electron chi connectivity index (χ3n) is 3.12. The molecule has 0 bridgehead atoms. The molecule has 106 valence electrons. The highest BCUT2D eigenvalue weighted by atomic mass is 79.9. The Morgan fingerprint density at radius 3 is 2.76 bits per heavy atom. The maximum absolute atomic E-state index is 11.9. The van der Waals surface area contributed by atoms with Crippen molar-refractivity contribution >= 4 is 38.6 Å². The van der Waals surface area contributed by atoms with Gasteiger partial charge in [0.2, 0.25) is 0 Å². The fourth-order valence-corrected chi connectivity index (χ4v) is 2.56. The van der Waals surface area contributed by atoms with Crippen molar-refractivity contribution in [1.29, 1.82) is 0 Å². The van der Waals surface area contributed by atoms with Gasteiger partial charge in [-0.3, -0.25) is 5.32 Å². The van der Waals surface area contributed by atoms with Gasteiger partial charge in [0, 0.05) is 16.1 Å². The van der Waals surface area contributed by atoms with E-state index in [1.807, 2.05) is 54.7 Å². The van der Waals surface area contributed by atoms with Crippen LogP contribution in [0, 0.1) is 0 Å². The molecule has 2 aromatic carbocycles. The first kappa shape index (κ1) is 13.7. The zero-order valence-corrected chi connectivity index (χ0v) is 12.7. The Bertz CT molecular complexity index is 768. The lowest BCUT2D eigenvalue weighted by molar-refractivity contribution is 0.155. The summed E-state index contributed by atoms with van der Waals surface area (Å²) in [6.07, 6.45) is 1.36. The summed E-state index contributed by atoms with van der Waals surface area (Å²) in [6, 6.07) is 15.2. The third kappa shape index (κ3) is 3.08. The number of nitrogens with one attached hydrogen (secondary N) is 2. The van der Waals surface area contributed by atoms with Gasteiger partial charge < -0.3 is 9.72 Å². The Balaban J connectivity index is 1.69. The molecule has 1 heterocycles. The minimum Gasteiger partial charge on any atom is -0.444 e. The zero-order valence-electron chi connectivity index (χ0n) is 11.1. The molecule has 0 aliphatic carbocycles. The molecule has 0 radical (unpaired) electrons. The monoisotopic (exact) mass is 344 g/mol. The topological polar surface area (TPSA) is 54.1 Å². The van der Waals surface area contributed by atoms with Gasteiger partial charge in [-0.1, -0.05) is 30.3 Å². The Hall–Kier alpha value is -2.27. The summed E-state index contributed by atoms with van der Waals surface area (Å²) in [7, 11) is 0. The van der Waals surface area contributed by atoms with Gasteiger partial charge in [0.05, 0.1) is 11.2 Å². The van der Waals surface area contributed by atoms with Crippen molar-refractivity contribution in [2.75, 3.05) is 5.32 Å². The van der Waals surface area contributed by atoms with Gasteiger partial charge in [0.1, 0.15) is 6.61 Å². The van der Waals surface area contributed by atoms with Gasteiger partial charge in [0.25, 0.3) is 0 Å². The van der Waals surface area contributed by atoms with Gasteiger partial charge >= 0.3 is 6.09 Å². The Kier molecular flexibility index (Phi) is 3.92. The number of benzene rings is 2. The fraction of sp³-hybridized carbons (Fsp3) is 0.0625. The molecule has 0 atom stereocenters. The number of anilines is 1. The van der Waals surface area contributed by atoms with Crippen LogP contribution in [-0.2, 0) is 11.3 Å². The molecule has 2 N–H and O–H groups in total. The van der Waals surface area contributed by atoms with E-state index in [2.05, 4.69) is 26.2 Å². The second-order valence-corrected chi connectivity index (χ2v) is 5.40. The molecule has 0 saturated heterocycles. The Labute approximate surface area is 130 Å². The van der Waals surface area contributed by atoms with Crippen LogP contribution < -0.4 is 5.32 Å². The van der Waals surface area contributed by atoms with E-state index in [0.717, 1.165) is 20.9 Å². The van der Waals surface area contributed by atoms with Crippen molar-refractivity contribution in [3.63, 3.8) is 0 Å². The molecule has 3 rings (SSSR count). The molecule has 4 nitrogen and oxygen atoms in total. The van der Waals surface area contributed by atoms with Gasteiger partial charge in [-0.25, -0.2) is 4.79 Å². The molecule has 0 saturated carbocycles. The van der Waals surface area contributed by atoms with Crippen LogP contribution in [-0.4, -0.2) is 11.1 Å². The van der Waals surface area contributed by atoms with E-state index < -0.39 is 6.09 Å². The summed E-state index contributed by atoms with van der Waals surface area (Å²) in [5, 5.41) is 3.70. The summed E-state index contributed by atoms with van der Waals surface area (Å²) < 4.78 is 6.17. The minimum atomic E-state index is -0.469. The van der Waals surface area contributed by atoms with E-state index >= 15 is 0 Å². The molecule has 1 aromatic heterocycles. The van der Waals surface area contributed by atoms with Crippen LogP contribution in [0.1, 0.15) is 5.56 Å². The molecule has 5 heteroatoms. The number of halogens is 1. The summed E-state index contributed by atoms with van der Waals surface area (Å²) in [4.78, 5) is 15.0. The Morgan fingerprint density at radius 2 is 1.95 bits per heavy atom. The fourth-order valence-electron chi connectivity index (χ4n) is 2.10. The molecule has 0 aliphatic rings. The number of fused-ring (bicyclic) bond motifs is 1. The van der Waals surface area contributed by atoms with E-state index in [-0.39, 0.29) is 6.61 Å². The van der Waals surface area contributed by atoms with Crippen LogP contribution in [0.25, 0.3) is 10.9 Å². The molecule has 0 unspecified atom stereocenters. The van der Waals surface area contributed by atoms with Crippen molar-refractivity contribution in [2.45, 2.75) is 6.61 Å². The van der Waals surface area contributed by atoms with Crippen molar-refractivity contribution in [1.82, 2.24) is 4.98 Å². The first-order valence-electron chi connectivity index (χ1n) is 6.47. The normalized spacial score (nSPS) is 10.5. The lowest BCUT2D eigenvalue weighted by Gasteiger charge is -2.08. The maximum Gasteiger partial charge on any atom is 0.411 e. The standard InChI is InChI=1S/C16H13BrN2O2/c17-13-6-7-14(12-8-9-18-15(12)13)19-16(20)21-10-11-4-2-1-3-5-11/h1-9,18H,10H2,(H,19,20).